The Labute approximate surface area is 106 Å². The lowest BCUT2D eigenvalue weighted by Crippen LogP contribution is -1.94. The molecule has 0 saturated heterocycles. The van der Waals surface area contributed by atoms with Crippen molar-refractivity contribution in [3.8, 4) is 5.75 Å². The van der Waals surface area contributed by atoms with Gasteiger partial charge in [-0.2, -0.15) is 4.99 Å². The molecule has 0 radical (unpaired) electrons. The van der Waals surface area contributed by atoms with Gasteiger partial charge in [0.15, 0.2) is 0 Å². The SMILES string of the molecule is Cc1ccc(COc2ccc(N=C=O)cc2)cc1. The zero-order chi connectivity index (χ0) is 12.8. The fraction of sp³-hybridized carbons (Fsp3) is 0.133. The van der Waals surface area contributed by atoms with Crippen LogP contribution in [0.1, 0.15) is 11.1 Å². The molecule has 0 N–H and O–H groups in total. The summed E-state index contributed by atoms with van der Waals surface area (Å²) in [5, 5.41) is 0. The fourth-order valence-corrected chi connectivity index (χ4v) is 1.52. The van der Waals surface area contributed by atoms with Crippen LogP contribution in [0, 0.1) is 6.92 Å². The zero-order valence-corrected chi connectivity index (χ0v) is 10.1. The van der Waals surface area contributed by atoms with E-state index in [9.17, 15) is 4.79 Å². The number of aryl methyl sites for hydroxylation is 1. The maximum Gasteiger partial charge on any atom is 0.240 e. The summed E-state index contributed by atoms with van der Waals surface area (Å²) < 4.78 is 5.62. The molecule has 0 atom stereocenters. The minimum absolute atomic E-state index is 0.524. The second kappa shape index (κ2) is 5.80. The number of rotatable bonds is 4. The molecule has 0 bridgehead atoms. The minimum Gasteiger partial charge on any atom is -0.489 e. The molecule has 0 aliphatic heterocycles. The van der Waals surface area contributed by atoms with Crippen molar-refractivity contribution in [1.82, 2.24) is 0 Å². The molecule has 3 heteroatoms. The number of nitrogens with zero attached hydrogens (tertiary/aromatic N) is 1. The van der Waals surface area contributed by atoms with Crippen LogP contribution in [0.2, 0.25) is 0 Å². The Kier molecular flexibility index (Phi) is 3.90. The summed E-state index contributed by atoms with van der Waals surface area (Å²) in [6, 6.07) is 15.2. The lowest BCUT2D eigenvalue weighted by molar-refractivity contribution is 0.306. The van der Waals surface area contributed by atoms with E-state index >= 15 is 0 Å². The first-order chi connectivity index (χ1) is 8.78. The number of hydrogen-bond donors (Lipinski definition) is 0. The normalized spacial score (nSPS) is 9.61. The number of ether oxygens (including phenoxy) is 1. The molecule has 2 rings (SSSR count). The topological polar surface area (TPSA) is 38.7 Å². The van der Waals surface area contributed by atoms with Crippen molar-refractivity contribution in [3.63, 3.8) is 0 Å². The van der Waals surface area contributed by atoms with Gasteiger partial charge in [0.25, 0.3) is 0 Å². The van der Waals surface area contributed by atoms with E-state index in [4.69, 9.17) is 4.74 Å². The van der Waals surface area contributed by atoms with Gasteiger partial charge >= 0.3 is 0 Å². The van der Waals surface area contributed by atoms with Crippen molar-refractivity contribution in [2.75, 3.05) is 0 Å². The summed E-state index contributed by atoms with van der Waals surface area (Å²) in [6.07, 6.45) is 1.50. The van der Waals surface area contributed by atoms with Crippen LogP contribution in [0.15, 0.2) is 53.5 Å². The molecule has 0 unspecified atom stereocenters. The van der Waals surface area contributed by atoms with Crippen molar-refractivity contribution in [2.45, 2.75) is 13.5 Å². The molecule has 0 amide bonds. The molecule has 0 aromatic heterocycles. The molecule has 0 aliphatic rings. The third-order valence-corrected chi connectivity index (χ3v) is 2.54. The molecule has 0 spiro atoms. The van der Waals surface area contributed by atoms with Crippen LogP contribution in [0.3, 0.4) is 0 Å². The Hall–Kier alpha value is -2.38. The first-order valence-electron chi connectivity index (χ1n) is 5.64. The predicted molar refractivity (Wildman–Crippen MR) is 69.7 cm³/mol. The van der Waals surface area contributed by atoms with Gasteiger partial charge in [-0.25, -0.2) is 4.79 Å². The highest BCUT2D eigenvalue weighted by Crippen LogP contribution is 2.18. The smallest absolute Gasteiger partial charge is 0.240 e. The molecule has 2 aromatic carbocycles. The highest BCUT2D eigenvalue weighted by molar-refractivity contribution is 5.50. The van der Waals surface area contributed by atoms with E-state index in [-0.39, 0.29) is 0 Å². The largest absolute Gasteiger partial charge is 0.489 e. The quantitative estimate of drug-likeness (QED) is 0.604. The van der Waals surface area contributed by atoms with Crippen molar-refractivity contribution in [3.05, 3.63) is 59.7 Å². The maximum absolute atomic E-state index is 10.1. The molecule has 18 heavy (non-hydrogen) atoms. The summed E-state index contributed by atoms with van der Waals surface area (Å²) in [4.78, 5) is 13.6. The van der Waals surface area contributed by atoms with Gasteiger partial charge in [-0.05, 0) is 36.8 Å². The van der Waals surface area contributed by atoms with Crippen molar-refractivity contribution >= 4 is 11.8 Å². The second-order valence-electron chi connectivity index (χ2n) is 3.97. The fourth-order valence-electron chi connectivity index (χ4n) is 1.52. The van der Waals surface area contributed by atoms with E-state index in [1.807, 2.05) is 12.1 Å². The van der Waals surface area contributed by atoms with E-state index in [0.717, 1.165) is 11.3 Å². The average molecular weight is 239 g/mol. The van der Waals surface area contributed by atoms with Gasteiger partial charge in [-0.1, -0.05) is 29.8 Å². The molecule has 0 fully saturated rings. The van der Waals surface area contributed by atoms with Crippen LogP contribution in [0.25, 0.3) is 0 Å². The van der Waals surface area contributed by atoms with Crippen molar-refractivity contribution in [2.24, 2.45) is 4.99 Å². The third-order valence-electron chi connectivity index (χ3n) is 2.54. The minimum atomic E-state index is 0.524. The Morgan fingerprint density at radius 1 is 1.06 bits per heavy atom. The highest BCUT2D eigenvalue weighted by Gasteiger charge is 1.96. The van der Waals surface area contributed by atoms with Crippen LogP contribution in [-0.2, 0) is 11.4 Å². The van der Waals surface area contributed by atoms with E-state index in [1.54, 1.807) is 24.3 Å². The summed E-state index contributed by atoms with van der Waals surface area (Å²) >= 11 is 0. The molecule has 0 aliphatic carbocycles. The Balaban J connectivity index is 1.97. The highest BCUT2D eigenvalue weighted by atomic mass is 16.5. The number of carbonyl (C=O) groups excluding carboxylic acids is 1. The first-order valence-corrected chi connectivity index (χ1v) is 5.64. The van der Waals surface area contributed by atoms with Gasteiger partial charge in [0, 0.05) is 0 Å². The Bertz CT molecular complexity index is 552. The van der Waals surface area contributed by atoms with Gasteiger partial charge in [0.1, 0.15) is 12.4 Å². The van der Waals surface area contributed by atoms with E-state index in [1.165, 1.54) is 11.6 Å². The average Bonchev–Trinajstić information content (AvgIpc) is 2.40. The van der Waals surface area contributed by atoms with Crippen molar-refractivity contribution < 1.29 is 9.53 Å². The van der Waals surface area contributed by atoms with E-state index < -0.39 is 0 Å². The lowest BCUT2D eigenvalue weighted by atomic mass is 10.2. The third kappa shape index (κ3) is 3.30. The summed E-state index contributed by atoms with van der Waals surface area (Å²) in [5.74, 6) is 0.750. The second-order valence-corrected chi connectivity index (χ2v) is 3.97. The zero-order valence-electron chi connectivity index (χ0n) is 10.1. The van der Waals surface area contributed by atoms with Crippen molar-refractivity contribution in [1.29, 1.82) is 0 Å². The summed E-state index contributed by atoms with van der Waals surface area (Å²) in [7, 11) is 0. The van der Waals surface area contributed by atoms with Gasteiger partial charge in [0.2, 0.25) is 6.08 Å². The maximum atomic E-state index is 10.1. The van der Waals surface area contributed by atoms with Crippen LogP contribution >= 0.6 is 0 Å². The Morgan fingerprint density at radius 2 is 1.72 bits per heavy atom. The Morgan fingerprint density at radius 3 is 2.33 bits per heavy atom. The monoisotopic (exact) mass is 239 g/mol. The van der Waals surface area contributed by atoms with Crippen LogP contribution < -0.4 is 4.74 Å². The van der Waals surface area contributed by atoms with E-state index in [2.05, 4.69) is 24.0 Å². The number of isocyanates is 1. The van der Waals surface area contributed by atoms with Gasteiger partial charge in [-0.3, -0.25) is 0 Å². The molecule has 90 valence electrons. The number of aliphatic imine (C=N–C) groups is 1. The summed E-state index contributed by atoms with van der Waals surface area (Å²) in [5.41, 5.74) is 2.93. The standard InChI is InChI=1S/C15H13NO2/c1-12-2-4-13(5-3-12)10-18-15-8-6-14(7-9-15)16-11-17/h2-9H,10H2,1H3. The molecule has 0 heterocycles. The number of benzene rings is 2. The molecular weight excluding hydrogens is 226 g/mol. The molecule has 0 saturated carbocycles. The van der Waals surface area contributed by atoms with Gasteiger partial charge in [-0.15, -0.1) is 0 Å². The van der Waals surface area contributed by atoms with Crippen LogP contribution in [0.4, 0.5) is 5.69 Å². The van der Waals surface area contributed by atoms with E-state index in [0.29, 0.717) is 12.3 Å². The lowest BCUT2D eigenvalue weighted by Gasteiger charge is -2.06. The van der Waals surface area contributed by atoms with Gasteiger partial charge < -0.3 is 4.74 Å². The van der Waals surface area contributed by atoms with Gasteiger partial charge in [0.05, 0.1) is 5.69 Å². The van der Waals surface area contributed by atoms with Crippen LogP contribution in [0.5, 0.6) is 5.75 Å². The van der Waals surface area contributed by atoms with Crippen LogP contribution in [-0.4, -0.2) is 6.08 Å². The number of hydrogen-bond acceptors (Lipinski definition) is 3. The first kappa shape index (κ1) is 12.1. The molecule has 2 aromatic rings. The molecular formula is C15H13NO2. The predicted octanol–water partition coefficient (Wildman–Crippen LogP) is 3.54. The molecule has 3 nitrogen and oxygen atoms in total. The summed E-state index contributed by atoms with van der Waals surface area (Å²) in [6.45, 7) is 2.58.